The van der Waals surface area contributed by atoms with Crippen molar-refractivity contribution in [2.45, 2.75) is 0 Å². The molecule has 3 rings (SSSR count). The van der Waals surface area contributed by atoms with Crippen LogP contribution < -0.4 is 15.1 Å². The highest BCUT2D eigenvalue weighted by molar-refractivity contribution is 9.10. The Kier molecular flexibility index (Phi) is 4.98. The number of nitrogens with one attached hydrogen (secondary N) is 2. The van der Waals surface area contributed by atoms with Gasteiger partial charge in [0, 0.05) is 10.0 Å². The van der Waals surface area contributed by atoms with Crippen LogP contribution in [0.2, 0.25) is 0 Å². The number of carbonyl (C=O) groups is 1. The second-order valence-electron chi connectivity index (χ2n) is 5.92. The average molecular weight is 375 g/mol. The summed E-state index contributed by atoms with van der Waals surface area (Å²) in [7, 11) is 2.22. The van der Waals surface area contributed by atoms with E-state index in [0.717, 1.165) is 42.0 Å². The fourth-order valence-electron chi connectivity index (χ4n) is 2.78. The third-order valence-electron chi connectivity index (χ3n) is 4.22. The molecule has 0 atom stereocenters. The van der Waals surface area contributed by atoms with Gasteiger partial charge in [0.15, 0.2) is 0 Å². The fourth-order valence-corrected chi connectivity index (χ4v) is 3.04. The number of para-hydroxylation sites is 2. The van der Waals surface area contributed by atoms with Gasteiger partial charge in [-0.15, -0.1) is 0 Å². The molecule has 1 aliphatic rings. The van der Waals surface area contributed by atoms with Gasteiger partial charge in [-0.05, 0) is 36.4 Å². The Morgan fingerprint density at radius 3 is 2.43 bits per heavy atom. The highest BCUT2D eigenvalue weighted by atomic mass is 79.9. The molecule has 2 N–H and O–H groups in total. The van der Waals surface area contributed by atoms with E-state index >= 15 is 0 Å². The second-order valence-corrected chi connectivity index (χ2v) is 6.84. The molecule has 0 radical (unpaired) electrons. The standard InChI is InChI=1S/C18H20BrN3O/c1-21-10-12-22(13-11-21)17-5-3-2-4-16(17)20-18(23)14-6-8-15(19)9-7-14/h2-9H,10-13H2,1H3,(H,20,23)/p+1. The van der Waals surface area contributed by atoms with Gasteiger partial charge in [-0.1, -0.05) is 28.1 Å². The van der Waals surface area contributed by atoms with Crippen molar-refractivity contribution < 1.29 is 9.69 Å². The predicted molar refractivity (Wildman–Crippen MR) is 97.4 cm³/mol. The average Bonchev–Trinajstić information content (AvgIpc) is 2.57. The summed E-state index contributed by atoms with van der Waals surface area (Å²) < 4.78 is 0.967. The van der Waals surface area contributed by atoms with Crippen molar-refractivity contribution >= 4 is 33.2 Å². The number of rotatable bonds is 3. The van der Waals surface area contributed by atoms with E-state index in [1.807, 2.05) is 42.5 Å². The smallest absolute Gasteiger partial charge is 0.255 e. The summed E-state index contributed by atoms with van der Waals surface area (Å²) in [6.07, 6.45) is 0. The highest BCUT2D eigenvalue weighted by Gasteiger charge is 2.19. The predicted octanol–water partition coefficient (Wildman–Crippen LogP) is 2.04. The number of likely N-dealkylation sites (N-methyl/N-ethyl adjacent to an activating group) is 1. The number of anilines is 2. The lowest BCUT2D eigenvalue weighted by atomic mass is 10.2. The molecule has 1 amide bonds. The van der Waals surface area contributed by atoms with Crippen molar-refractivity contribution in [1.29, 1.82) is 0 Å². The molecule has 23 heavy (non-hydrogen) atoms. The minimum Gasteiger partial charge on any atom is -0.359 e. The monoisotopic (exact) mass is 374 g/mol. The first-order valence-electron chi connectivity index (χ1n) is 7.85. The van der Waals surface area contributed by atoms with Gasteiger partial charge >= 0.3 is 0 Å². The SMILES string of the molecule is C[NH+]1CCN(c2ccccc2NC(=O)c2ccc(Br)cc2)CC1. The van der Waals surface area contributed by atoms with Gasteiger partial charge in [-0.25, -0.2) is 0 Å². The van der Waals surface area contributed by atoms with Gasteiger partial charge in [0.2, 0.25) is 0 Å². The van der Waals surface area contributed by atoms with Gasteiger partial charge in [0.1, 0.15) is 0 Å². The van der Waals surface area contributed by atoms with Crippen LogP contribution in [0.15, 0.2) is 53.0 Å². The molecular formula is C18H21BrN3O+. The lowest BCUT2D eigenvalue weighted by Gasteiger charge is -2.33. The molecule has 1 saturated heterocycles. The van der Waals surface area contributed by atoms with E-state index in [9.17, 15) is 4.79 Å². The minimum atomic E-state index is -0.0790. The zero-order valence-electron chi connectivity index (χ0n) is 13.2. The molecule has 1 heterocycles. The zero-order valence-corrected chi connectivity index (χ0v) is 14.8. The molecule has 0 saturated carbocycles. The maximum absolute atomic E-state index is 12.5. The molecule has 0 unspecified atom stereocenters. The Bertz CT molecular complexity index is 679. The molecular weight excluding hydrogens is 354 g/mol. The molecule has 4 nitrogen and oxygen atoms in total. The number of nitrogens with zero attached hydrogens (tertiary/aromatic N) is 1. The number of quaternary nitrogens is 1. The quantitative estimate of drug-likeness (QED) is 0.862. The second kappa shape index (κ2) is 7.15. The first-order chi connectivity index (χ1) is 11.1. The molecule has 1 fully saturated rings. The van der Waals surface area contributed by atoms with Crippen LogP contribution >= 0.6 is 15.9 Å². The van der Waals surface area contributed by atoms with Crippen molar-refractivity contribution in [2.24, 2.45) is 0 Å². The lowest BCUT2D eigenvalue weighted by Crippen LogP contribution is -3.12. The Balaban J connectivity index is 1.77. The minimum absolute atomic E-state index is 0.0790. The Morgan fingerprint density at radius 1 is 1.09 bits per heavy atom. The molecule has 0 aromatic heterocycles. The first-order valence-corrected chi connectivity index (χ1v) is 8.65. The van der Waals surface area contributed by atoms with Crippen LogP contribution in [0.4, 0.5) is 11.4 Å². The Hall–Kier alpha value is -1.85. The summed E-state index contributed by atoms with van der Waals surface area (Å²) in [6.45, 7) is 4.26. The van der Waals surface area contributed by atoms with E-state index in [1.165, 1.54) is 0 Å². The summed E-state index contributed by atoms with van der Waals surface area (Å²) in [5.41, 5.74) is 2.64. The van der Waals surface area contributed by atoms with Gasteiger partial charge in [-0.3, -0.25) is 4.79 Å². The molecule has 0 spiro atoms. The van der Waals surface area contributed by atoms with Crippen LogP contribution in [0.3, 0.4) is 0 Å². The fraction of sp³-hybridized carbons (Fsp3) is 0.278. The number of halogens is 1. The maximum Gasteiger partial charge on any atom is 0.255 e. The van der Waals surface area contributed by atoms with E-state index < -0.39 is 0 Å². The number of amides is 1. The molecule has 0 aliphatic carbocycles. The van der Waals surface area contributed by atoms with Crippen LogP contribution in [0.5, 0.6) is 0 Å². The first kappa shape index (κ1) is 16.0. The van der Waals surface area contributed by atoms with Crippen LogP contribution in [0.25, 0.3) is 0 Å². The maximum atomic E-state index is 12.5. The van der Waals surface area contributed by atoms with Crippen molar-refractivity contribution in [1.82, 2.24) is 0 Å². The summed E-state index contributed by atoms with van der Waals surface area (Å²) >= 11 is 3.39. The number of benzene rings is 2. The van der Waals surface area contributed by atoms with Gasteiger partial charge in [-0.2, -0.15) is 0 Å². The highest BCUT2D eigenvalue weighted by Crippen LogP contribution is 2.26. The number of piperazine rings is 1. The number of hydrogen-bond acceptors (Lipinski definition) is 2. The Labute approximate surface area is 145 Å². The van der Waals surface area contributed by atoms with Crippen molar-refractivity contribution in [3.8, 4) is 0 Å². The third-order valence-corrected chi connectivity index (χ3v) is 4.75. The third kappa shape index (κ3) is 3.92. The van der Waals surface area contributed by atoms with Crippen LogP contribution in [-0.2, 0) is 0 Å². The summed E-state index contributed by atoms with van der Waals surface area (Å²) in [5, 5.41) is 3.05. The van der Waals surface area contributed by atoms with E-state index in [4.69, 9.17) is 0 Å². The van der Waals surface area contributed by atoms with Crippen LogP contribution in [-0.4, -0.2) is 39.1 Å². The van der Waals surface area contributed by atoms with Crippen LogP contribution in [0, 0.1) is 0 Å². The molecule has 2 aromatic rings. The zero-order chi connectivity index (χ0) is 16.2. The van der Waals surface area contributed by atoms with E-state index in [1.54, 1.807) is 4.90 Å². The molecule has 5 heteroatoms. The number of carbonyl (C=O) groups excluding carboxylic acids is 1. The molecule has 1 aliphatic heterocycles. The van der Waals surface area contributed by atoms with Gasteiger partial charge < -0.3 is 15.1 Å². The van der Waals surface area contributed by atoms with E-state index in [0.29, 0.717) is 5.56 Å². The lowest BCUT2D eigenvalue weighted by molar-refractivity contribution is -0.880. The Morgan fingerprint density at radius 2 is 1.74 bits per heavy atom. The number of hydrogen-bond donors (Lipinski definition) is 2. The molecule has 2 aromatic carbocycles. The molecule has 0 bridgehead atoms. The summed E-state index contributed by atoms with van der Waals surface area (Å²) in [5.74, 6) is -0.0790. The van der Waals surface area contributed by atoms with Crippen LogP contribution in [0.1, 0.15) is 10.4 Å². The normalized spacial score (nSPS) is 15.5. The van der Waals surface area contributed by atoms with Crippen molar-refractivity contribution in [3.63, 3.8) is 0 Å². The topological polar surface area (TPSA) is 36.8 Å². The largest absolute Gasteiger partial charge is 0.359 e. The van der Waals surface area contributed by atoms with Crippen molar-refractivity contribution in [3.05, 3.63) is 58.6 Å². The van der Waals surface area contributed by atoms with Gasteiger partial charge in [0.25, 0.3) is 5.91 Å². The summed E-state index contributed by atoms with van der Waals surface area (Å²) in [4.78, 5) is 16.4. The van der Waals surface area contributed by atoms with E-state index in [-0.39, 0.29) is 5.91 Å². The van der Waals surface area contributed by atoms with E-state index in [2.05, 4.69) is 39.3 Å². The summed E-state index contributed by atoms with van der Waals surface area (Å²) in [6, 6.07) is 15.4. The van der Waals surface area contributed by atoms with Crippen molar-refractivity contribution in [2.75, 3.05) is 43.4 Å². The van der Waals surface area contributed by atoms with Gasteiger partial charge in [0.05, 0.1) is 44.6 Å². The molecule has 120 valence electrons.